The quantitative estimate of drug-likeness (QED) is 0.159. The number of tetrazole rings is 1. The molecule has 4 atom stereocenters. The summed E-state index contributed by atoms with van der Waals surface area (Å²) in [5, 5.41) is 25.1. The van der Waals surface area contributed by atoms with Crippen molar-refractivity contribution in [3.8, 4) is 0 Å². The first-order valence-corrected chi connectivity index (χ1v) is 14.6. The van der Waals surface area contributed by atoms with E-state index in [1.54, 1.807) is 35.2 Å². The van der Waals surface area contributed by atoms with E-state index in [2.05, 4.69) is 46.9 Å². The topological polar surface area (TPSA) is 186 Å². The number of β-lactam (4-membered cyclic amide) rings is 1. The minimum absolute atomic E-state index is 0.0376. The van der Waals surface area contributed by atoms with Crippen molar-refractivity contribution in [3.05, 3.63) is 41.7 Å². The summed E-state index contributed by atoms with van der Waals surface area (Å²) in [6.07, 6.45) is 0. The van der Waals surface area contributed by atoms with E-state index in [4.69, 9.17) is 0 Å². The average Bonchev–Trinajstić information content (AvgIpc) is 3.53. The van der Waals surface area contributed by atoms with E-state index < -0.39 is 40.7 Å². The number of aromatic amines is 1. The molecule has 0 bridgehead atoms. The number of nitrogens with one attached hydrogen (secondary N) is 5. The van der Waals surface area contributed by atoms with Crippen LogP contribution in [0.2, 0.25) is 0 Å². The monoisotopic (exact) mass is 588 g/mol. The van der Waals surface area contributed by atoms with Crippen molar-refractivity contribution in [1.29, 1.82) is 0 Å². The second-order valence-electron chi connectivity index (χ2n) is 9.48. The van der Waals surface area contributed by atoms with Gasteiger partial charge in [0.25, 0.3) is 0 Å². The number of fused-ring (bicyclic) bond motifs is 1. The van der Waals surface area contributed by atoms with Crippen molar-refractivity contribution in [1.82, 2.24) is 46.8 Å². The highest BCUT2D eigenvalue weighted by atomic mass is 32.2. The number of rotatable bonds is 9. The first-order valence-electron chi connectivity index (χ1n) is 12.8. The number of hydrogen-bond donors (Lipinski definition) is 5. The number of benzene rings is 1. The highest BCUT2D eigenvalue weighted by Crippen LogP contribution is 2.56. The predicted octanol–water partition coefficient (Wildman–Crippen LogP) is 0.705. The van der Waals surface area contributed by atoms with Crippen LogP contribution in [0, 0.1) is 0 Å². The van der Waals surface area contributed by atoms with Crippen LogP contribution < -0.4 is 21.3 Å². The Bertz CT molecular complexity index is 1260. The van der Waals surface area contributed by atoms with Gasteiger partial charge in [0, 0.05) is 17.8 Å². The number of carbonyl (C=O) groups excluding carboxylic acids is 4. The summed E-state index contributed by atoms with van der Waals surface area (Å²) in [6.45, 7) is 8.96. The van der Waals surface area contributed by atoms with Gasteiger partial charge in [0.2, 0.25) is 17.7 Å². The molecule has 16 heteroatoms. The molecule has 2 aliphatic heterocycles. The minimum Gasteiger partial charge on any atom is -0.365 e. The second-order valence-corrected chi connectivity index (χ2v) is 12.2. The number of H-pyrrole nitrogens is 1. The molecule has 5 amide bonds. The zero-order chi connectivity index (χ0) is 28.9. The third-order valence-corrected chi connectivity index (χ3v) is 8.76. The highest BCUT2D eigenvalue weighted by Gasteiger charge is 2.63. The van der Waals surface area contributed by atoms with Crippen molar-refractivity contribution in [3.63, 3.8) is 0 Å². The molecule has 0 saturated carbocycles. The molecule has 0 spiro atoms. The van der Waals surface area contributed by atoms with Gasteiger partial charge in [-0.05, 0) is 33.3 Å². The molecule has 3 heterocycles. The number of nitrogens with zero attached hydrogens (tertiary/aromatic N) is 5. The second kappa shape index (κ2) is 12.7. The van der Waals surface area contributed by atoms with Crippen LogP contribution in [0.5, 0.6) is 0 Å². The number of amidine groups is 1. The van der Waals surface area contributed by atoms with E-state index in [0.29, 0.717) is 29.6 Å². The van der Waals surface area contributed by atoms with Gasteiger partial charge in [-0.25, -0.2) is 4.79 Å². The molecular formula is C24H32N10O4S2. The summed E-state index contributed by atoms with van der Waals surface area (Å²) in [5.74, 6) is -1.03. The fourth-order valence-electron chi connectivity index (χ4n) is 4.54. The van der Waals surface area contributed by atoms with Crippen LogP contribution in [0.1, 0.15) is 51.2 Å². The molecule has 0 aliphatic carbocycles. The first kappa shape index (κ1) is 29.3. The van der Waals surface area contributed by atoms with Gasteiger partial charge < -0.3 is 20.9 Å². The molecule has 2 aliphatic rings. The summed E-state index contributed by atoms with van der Waals surface area (Å²) >= 11 is 2.71. The Kier molecular flexibility index (Phi) is 9.29. The van der Waals surface area contributed by atoms with Gasteiger partial charge in [0.05, 0.1) is 5.75 Å². The largest absolute Gasteiger partial charge is 0.365 e. The van der Waals surface area contributed by atoms with Gasteiger partial charge >= 0.3 is 6.03 Å². The Labute approximate surface area is 239 Å². The first-order chi connectivity index (χ1) is 19.2. The Hall–Kier alpha value is -3.66. The van der Waals surface area contributed by atoms with Gasteiger partial charge in [0.1, 0.15) is 23.5 Å². The fourth-order valence-corrected chi connectivity index (χ4v) is 6.98. The molecule has 5 N–H and O–H groups in total. The number of aliphatic imine (C=N–C) groups is 1. The van der Waals surface area contributed by atoms with E-state index in [1.165, 1.54) is 23.5 Å². The van der Waals surface area contributed by atoms with Gasteiger partial charge in [-0.1, -0.05) is 47.3 Å². The molecule has 2 fully saturated rings. The maximum absolute atomic E-state index is 13.4. The van der Waals surface area contributed by atoms with Crippen molar-refractivity contribution in [2.45, 2.75) is 55.9 Å². The van der Waals surface area contributed by atoms with E-state index in [-0.39, 0.29) is 17.0 Å². The minimum atomic E-state index is -1.14. The lowest BCUT2D eigenvalue weighted by atomic mass is 9.95. The molecule has 3 unspecified atom stereocenters. The average molecular weight is 589 g/mol. The Balaban J connectivity index is 1.41. The summed E-state index contributed by atoms with van der Waals surface area (Å²) < 4.78 is -0.423. The Morgan fingerprint density at radius 3 is 2.62 bits per heavy atom. The van der Waals surface area contributed by atoms with Crippen molar-refractivity contribution < 1.29 is 19.2 Å². The number of aromatic nitrogens is 4. The number of hydrogen-bond acceptors (Lipinski definition) is 10. The fraction of sp³-hybridized carbons (Fsp3) is 0.500. The van der Waals surface area contributed by atoms with Gasteiger partial charge in [-0.2, -0.15) is 5.21 Å². The van der Waals surface area contributed by atoms with E-state index in [9.17, 15) is 19.2 Å². The zero-order valence-electron chi connectivity index (χ0n) is 22.5. The van der Waals surface area contributed by atoms with E-state index in [1.807, 2.05) is 27.7 Å². The number of urea groups is 1. The van der Waals surface area contributed by atoms with Crippen molar-refractivity contribution in [2.24, 2.45) is 4.99 Å². The van der Waals surface area contributed by atoms with E-state index in [0.717, 1.165) is 0 Å². The third-order valence-electron chi connectivity index (χ3n) is 6.24. The molecule has 14 nitrogen and oxygen atoms in total. The normalized spacial score (nSPS) is 22.1. The van der Waals surface area contributed by atoms with E-state index >= 15 is 0 Å². The number of carbonyl (C=O) groups is 4. The van der Waals surface area contributed by atoms with Crippen molar-refractivity contribution in [2.75, 3.05) is 18.8 Å². The summed E-state index contributed by atoms with van der Waals surface area (Å²) in [5.41, 5.74) is 0.495. The SMILES string of the molecule is CCN=C(NCC)SCC(=O)NC(=O)NC(C(=O)NC1C(=O)N2C(c3nn[nH]n3)C(C)(C)S[C@@H]12)c1ccccc1. The smallest absolute Gasteiger partial charge is 0.322 e. The van der Waals surface area contributed by atoms with Crippen LogP contribution in [0.15, 0.2) is 35.3 Å². The molecule has 2 aromatic rings. The Morgan fingerprint density at radius 1 is 1.23 bits per heavy atom. The number of amides is 5. The van der Waals surface area contributed by atoms with Gasteiger partial charge in [0.15, 0.2) is 11.0 Å². The van der Waals surface area contributed by atoms with Gasteiger partial charge in [-0.15, -0.1) is 22.0 Å². The highest BCUT2D eigenvalue weighted by molar-refractivity contribution is 8.14. The maximum atomic E-state index is 13.4. The van der Waals surface area contributed by atoms with Crippen LogP contribution in [0.25, 0.3) is 0 Å². The molecular weight excluding hydrogens is 556 g/mol. The van der Waals surface area contributed by atoms with Crippen LogP contribution in [-0.4, -0.2) is 89.4 Å². The molecule has 4 rings (SSSR count). The lowest BCUT2D eigenvalue weighted by Gasteiger charge is -2.44. The molecule has 1 aromatic carbocycles. The van der Waals surface area contributed by atoms with Crippen LogP contribution in [0.4, 0.5) is 4.79 Å². The van der Waals surface area contributed by atoms with Gasteiger partial charge in [-0.3, -0.25) is 24.7 Å². The molecule has 1 aromatic heterocycles. The number of imide groups is 1. The predicted molar refractivity (Wildman–Crippen MR) is 151 cm³/mol. The van der Waals surface area contributed by atoms with Crippen LogP contribution >= 0.6 is 23.5 Å². The van der Waals surface area contributed by atoms with Crippen LogP contribution in [0.3, 0.4) is 0 Å². The van der Waals surface area contributed by atoms with Crippen molar-refractivity contribution >= 4 is 52.4 Å². The lowest BCUT2D eigenvalue weighted by Crippen LogP contribution is -2.68. The summed E-state index contributed by atoms with van der Waals surface area (Å²) in [7, 11) is 0. The summed E-state index contributed by atoms with van der Waals surface area (Å²) in [6, 6.07) is 5.42. The Morgan fingerprint density at radius 2 is 1.98 bits per heavy atom. The third kappa shape index (κ3) is 6.38. The molecule has 214 valence electrons. The molecule has 40 heavy (non-hydrogen) atoms. The molecule has 0 radical (unpaired) electrons. The standard InChI is InChI=1S/C24H32N10O4S2/c1-5-25-23(26-6-2)39-12-14(35)27-22(38)29-15(13-10-8-7-9-11-13)19(36)28-16-20(37)34-17(18-30-32-33-31-18)24(3,4)40-21(16)34/h7-11,15-17,21H,5-6,12H2,1-4H3,(H,25,26)(H,28,36)(H2,27,29,35,38)(H,30,31,32,33)/t15?,16?,17?,21-/m0/s1. The van der Waals surface area contributed by atoms with Crippen LogP contribution in [-0.2, 0) is 14.4 Å². The summed E-state index contributed by atoms with van der Waals surface area (Å²) in [4.78, 5) is 57.7. The molecule has 2 saturated heterocycles. The zero-order valence-corrected chi connectivity index (χ0v) is 24.1. The number of thioether (sulfide) groups is 2. The lowest BCUT2D eigenvalue weighted by molar-refractivity contribution is -0.152. The maximum Gasteiger partial charge on any atom is 0.322 e.